The maximum absolute atomic E-state index is 13.1. The lowest BCUT2D eigenvalue weighted by Gasteiger charge is -2.34. The average Bonchev–Trinajstić information content (AvgIpc) is 3.15. The minimum Gasteiger partial charge on any atom is -0.335 e. The number of hydrogen-bond acceptors (Lipinski definition) is 2. The van der Waals surface area contributed by atoms with Gasteiger partial charge in [0.1, 0.15) is 0 Å². The quantitative estimate of drug-likeness (QED) is 0.841. The lowest BCUT2D eigenvalue weighted by atomic mass is 9.83. The highest BCUT2D eigenvalue weighted by atomic mass is 16.2. The smallest absolute Gasteiger partial charge is 0.257 e. The summed E-state index contributed by atoms with van der Waals surface area (Å²) in [4.78, 5) is 15.3. The summed E-state index contributed by atoms with van der Waals surface area (Å²) in [5, 5.41) is 4.46. The number of hydrogen-bond donors (Lipinski definition) is 0. The van der Waals surface area contributed by atoms with Crippen LogP contribution in [0.3, 0.4) is 0 Å². The largest absolute Gasteiger partial charge is 0.335 e. The topological polar surface area (TPSA) is 38.1 Å². The van der Waals surface area contributed by atoms with Crippen molar-refractivity contribution in [2.75, 3.05) is 6.54 Å². The van der Waals surface area contributed by atoms with E-state index >= 15 is 0 Å². The molecule has 1 atom stereocenters. The summed E-state index contributed by atoms with van der Waals surface area (Å²) in [5.41, 5.74) is 1.84. The first kappa shape index (κ1) is 16.5. The van der Waals surface area contributed by atoms with Gasteiger partial charge in [-0.2, -0.15) is 5.10 Å². The van der Waals surface area contributed by atoms with E-state index in [9.17, 15) is 4.79 Å². The van der Waals surface area contributed by atoms with Crippen LogP contribution >= 0.6 is 0 Å². The van der Waals surface area contributed by atoms with E-state index in [0.29, 0.717) is 12.0 Å². The van der Waals surface area contributed by atoms with Crippen molar-refractivity contribution in [3.05, 3.63) is 17.5 Å². The summed E-state index contributed by atoms with van der Waals surface area (Å²) in [6.45, 7) is 8.21. The number of aromatic nitrogens is 2. The summed E-state index contributed by atoms with van der Waals surface area (Å²) in [7, 11) is 0. The SMILES string of the molecule is Cc1c(C(=O)N2CCC[C@H]2C2CCCCC2)cnn1CC(C)C. The molecule has 1 aromatic rings. The van der Waals surface area contributed by atoms with Crippen LogP contribution in [-0.4, -0.2) is 33.2 Å². The summed E-state index contributed by atoms with van der Waals surface area (Å²) < 4.78 is 1.99. The van der Waals surface area contributed by atoms with E-state index in [1.165, 1.54) is 38.5 Å². The van der Waals surface area contributed by atoms with Gasteiger partial charge >= 0.3 is 0 Å². The Morgan fingerprint density at radius 2 is 1.96 bits per heavy atom. The maximum Gasteiger partial charge on any atom is 0.257 e. The Hall–Kier alpha value is -1.32. The van der Waals surface area contributed by atoms with E-state index in [2.05, 4.69) is 23.8 Å². The van der Waals surface area contributed by atoms with Crippen LogP contribution in [0.25, 0.3) is 0 Å². The minimum absolute atomic E-state index is 0.213. The molecule has 128 valence electrons. The Balaban J connectivity index is 1.75. The molecule has 0 N–H and O–H groups in total. The van der Waals surface area contributed by atoms with Crippen LogP contribution in [-0.2, 0) is 6.54 Å². The lowest BCUT2D eigenvalue weighted by molar-refractivity contribution is 0.0660. The zero-order chi connectivity index (χ0) is 16.4. The molecule has 3 rings (SSSR count). The van der Waals surface area contributed by atoms with E-state index < -0.39 is 0 Å². The Labute approximate surface area is 140 Å². The Morgan fingerprint density at radius 1 is 1.22 bits per heavy atom. The average molecular weight is 317 g/mol. The molecule has 2 aliphatic rings. The molecule has 0 spiro atoms. The second-order valence-corrected chi connectivity index (χ2v) is 7.83. The van der Waals surface area contributed by atoms with Gasteiger partial charge in [-0.25, -0.2) is 0 Å². The summed E-state index contributed by atoms with van der Waals surface area (Å²) >= 11 is 0. The third-order valence-corrected chi connectivity index (χ3v) is 5.63. The van der Waals surface area contributed by atoms with E-state index in [0.717, 1.165) is 36.7 Å². The fraction of sp³-hybridized carbons (Fsp3) is 0.789. The Kier molecular flexibility index (Phi) is 5.08. The standard InChI is InChI=1S/C19H31N3O/c1-14(2)13-22-15(3)17(12-20-22)19(23)21-11-7-10-18(21)16-8-5-4-6-9-16/h12,14,16,18H,4-11,13H2,1-3H3/t18-/m0/s1. The van der Waals surface area contributed by atoms with Gasteiger partial charge in [0, 0.05) is 24.8 Å². The van der Waals surface area contributed by atoms with E-state index in [1.807, 2.05) is 11.6 Å². The molecule has 1 aromatic heterocycles. The molecule has 1 aliphatic carbocycles. The molecule has 1 aliphatic heterocycles. The van der Waals surface area contributed by atoms with Crippen LogP contribution in [0, 0.1) is 18.8 Å². The van der Waals surface area contributed by atoms with Crippen LogP contribution in [0.1, 0.15) is 74.8 Å². The van der Waals surface area contributed by atoms with Crippen LogP contribution in [0.15, 0.2) is 6.20 Å². The van der Waals surface area contributed by atoms with Crippen molar-refractivity contribution in [2.45, 2.75) is 78.3 Å². The highest BCUT2D eigenvalue weighted by Crippen LogP contribution is 2.35. The first-order chi connectivity index (χ1) is 11.1. The van der Waals surface area contributed by atoms with E-state index in [1.54, 1.807) is 6.20 Å². The summed E-state index contributed by atoms with van der Waals surface area (Å²) in [5.74, 6) is 1.48. The van der Waals surface area contributed by atoms with Gasteiger partial charge in [0.25, 0.3) is 5.91 Å². The second-order valence-electron chi connectivity index (χ2n) is 7.83. The van der Waals surface area contributed by atoms with Crippen molar-refractivity contribution >= 4 is 5.91 Å². The third-order valence-electron chi connectivity index (χ3n) is 5.63. The number of carbonyl (C=O) groups excluding carboxylic acids is 1. The Bertz CT molecular complexity index is 543. The van der Waals surface area contributed by atoms with Crippen LogP contribution in [0.5, 0.6) is 0 Å². The molecule has 1 amide bonds. The maximum atomic E-state index is 13.1. The molecular weight excluding hydrogens is 286 g/mol. The zero-order valence-corrected chi connectivity index (χ0v) is 14.9. The number of likely N-dealkylation sites (tertiary alicyclic amines) is 1. The van der Waals surface area contributed by atoms with Crippen LogP contribution in [0.4, 0.5) is 0 Å². The third kappa shape index (κ3) is 3.46. The van der Waals surface area contributed by atoms with E-state index in [4.69, 9.17) is 0 Å². The van der Waals surface area contributed by atoms with Gasteiger partial charge < -0.3 is 4.90 Å². The predicted molar refractivity (Wildman–Crippen MR) is 92.4 cm³/mol. The molecular formula is C19H31N3O. The molecule has 0 bridgehead atoms. The first-order valence-corrected chi connectivity index (χ1v) is 9.41. The second kappa shape index (κ2) is 7.06. The van der Waals surface area contributed by atoms with Gasteiger partial charge in [-0.3, -0.25) is 9.48 Å². The van der Waals surface area contributed by atoms with Gasteiger partial charge in [-0.05, 0) is 44.4 Å². The van der Waals surface area contributed by atoms with Gasteiger partial charge in [-0.1, -0.05) is 33.1 Å². The van der Waals surface area contributed by atoms with E-state index in [-0.39, 0.29) is 5.91 Å². The van der Waals surface area contributed by atoms with Crippen LogP contribution in [0.2, 0.25) is 0 Å². The normalized spacial score (nSPS) is 23.0. The van der Waals surface area contributed by atoms with Gasteiger partial charge in [0.2, 0.25) is 0 Å². The fourth-order valence-corrected chi connectivity index (χ4v) is 4.39. The van der Waals surface area contributed by atoms with Crippen LogP contribution < -0.4 is 0 Å². The van der Waals surface area contributed by atoms with Gasteiger partial charge in [0.05, 0.1) is 11.8 Å². The first-order valence-electron chi connectivity index (χ1n) is 9.41. The zero-order valence-electron chi connectivity index (χ0n) is 14.9. The monoisotopic (exact) mass is 317 g/mol. The molecule has 2 heterocycles. The fourth-order valence-electron chi connectivity index (χ4n) is 4.39. The summed E-state index contributed by atoms with van der Waals surface area (Å²) in [6.07, 6.45) is 10.8. The molecule has 23 heavy (non-hydrogen) atoms. The molecule has 0 unspecified atom stereocenters. The molecule has 2 fully saturated rings. The molecule has 1 saturated heterocycles. The van der Waals surface area contributed by atoms with Crippen molar-refractivity contribution in [1.29, 1.82) is 0 Å². The van der Waals surface area contributed by atoms with Crippen molar-refractivity contribution in [1.82, 2.24) is 14.7 Å². The number of rotatable bonds is 4. The number of amides is 1. The van der Waals surface area contributed by atoms with Gasteiger partial charge in [0.15, 0.2) is 0 Å². The van der Waals surface area contributed by atoms with Crippen molar-refractivity contribution < 1.29 is 4.79 Å². The molecule has 4 nitrogen and oxygen atoms in total. The van der Waals surface area contributed by atoms with Crippen molar-refractivity contribution in [3.63, 3.8) is 0 Å². The molecule has 0 radical (unpaired) electrons. The van der Waals surface area contributed by atoms with Crippen molar-refractivity contribution in [2.24, 2.45) is 11.8 Å². The Morgan fingerprint density at radius 3 is 2.65 bits per heavy atom. The number of nitrogens with zero attached hydrogens (tertiary/aromatic N) is 3. The lowest BCUT2D eigenvalue weighted by Crippen LogP contribution is -2.41. The molecule has 4 heteroatoms. The summed E-state index contributed by atoms with van der Waals surface area (Å²) in [6, 6.07) is 0.468. The minimum atomic E-state index is 0.213. The highest BCUT2D eigenvalue weighted by molar-refractivity contribution is 5.95. The predicted octanol–water partition coefficient (Wildman–Crippen LogP) is 4.03. The number of carbonyl (C=O) groups is 1. The van der Waals surface area contributed by atoms with Gasteiger partial charge in [-0.15, -0.1) is 0 Å². The molecule has 1 saturated carbocycles. The highest BCUT2D eigenvalue weighted by Gasteiger charge is 2.36. The molecule has 0 aromatic carbocycles. The van der Waals surface area contributed by atoms with Crippen molar-refractivity contribution in [3.8, 4) is 0 Å².